The molecule has 0 aliphatic heterocycles. The maximum atomic E-state index is 12.1. The van der Waals surface area contributed by atoms with Gasteiger partial charge in [0.15, 0.2) is 0 Å². The average molecular weight is 331 g/mol. The van der Waals surface area contributed by atoms with E-state index in [1.165, 1.54) is 10.4 Å². The fourth-order valence-electron chi connectivity index (χ4n) is 2.43. The quantitative estimate of drug-likeness (QED) is 0.801. The van der Waals surface area contributed by atoms with Crippen molar-refractivity contribution in [2.75, 3.05) is 26.0 Å². The van der Waals surface area contributed by atoms with Crippen LogP contribution in [0.2, 0.25) is 0 Å². The molecule has 0 bridgehead atoms. The molecule has 0 aliphatic rings. The van der Waals surface area contributed by atoms with Crippen molar-refractivity contribution < 1.29 is 4.79 Å². The van der Waals surface area contributed by atoms with Crippen LogP contribution in [-0.2, 0) is 6.42 Å². The Hall–Kier alpha value is -1.85. The highest BCUT2D eigenvalue weighted by Crippen LogP contribution is 2.22. The maximum Gasteiger partial charge on any atom is 0.319 e. The van der Waals surface area contributed by atoms with E-state index in [2.05, 4.69) is 46.0 Å². The minimum atomic E-state index is -0.170. The van der Waals surface area contributed by atoms with Crippen molar-refractivity contribution in [1.29, 1.82) is 0 Å². The molecule has 0 spiro atoms. The van der Waals surface area contributed by atoms with Gasteiger partial charge in [-0.05, 0) is 49.7 Å². The van der Waals surface area contributed by atoms with Gasteiger partial charge in [0.25, 0.3) is 0 Å². The van der Waals surface area contributed by atoms with E-state index in [0.29, 0.717) is 6.54 Å². The van der Waals surface area contributed by atoms with Crippen molar-refractivity contribution in [3.05, 3.63) is 52.2 Å². The van der Waals surface area contributed by atoms with E-state index in [0.717, 1.165) is 18.5 Å². The summed E-state index contributed by atoms with van der Waals surface area (Å²) in [6.45, 7) is 2.74. The molecule has 1 unspecified atom stereocenters. The number of benzene rings is 1. The summed E-state index contributed by atoms with van der Waals surface area (Å²) in [6.07, 6.45) is 2.19. The highest BCUT2D eigenvalue weighted by Gasteiger charge is 2.16. The predicted octanol–water partition coefficient (Wildman–Crippen LogP) is 4.13. The third-order valence-corrected chi connectivity index (χ3v) is 4.67. The van der Waals surface area contributed by atoms with Gasteiger partial charge in [0.2, 0.25) is 0 Å². The van der Waals surface area contributed by atoms with Crippen LogP contribution in [0.4, 0.5) is 10.5 Å². The van der Waals surface area contributed by atoms with Gasteiger partial charge in [0.1, 0.15) is 0 Å². The lowest BCUT2D eigenvalue weighted by molar-refractivity contribution is 0.244. The van der Waals surface area contributed by atoms with Gasteiger partial charge < -0.3 is 15.5 Å². The molecular formula is C18H25N3OS. The Bertz CT molecular complexity index is 593. The number of carbonyl (C=O) groups is 1. The first-order chi connectivity index (χ1) is 11.1. The largest absolute Gasteiger partial charge is 0.336 e. The number of anilines is 1. The number of nitrogens with one attached hydrogen (secondary N) is 2. The number of thiophene rings is 1. The van der Waals surface area contributed by atoms with Crippen LogP contribution in [0.25, 0.3) is 0 Å². The molecule has 1 aromatic carbocycles. The molecule has 0 saturated heterocycles. The van der Waals surface area contributed by atoms with E-state index >= 15 is 0 Å². The lowest BCUT2D eigenvalue weighted by Crippen LogP contribution is -2.36. The number of likely N-dealkylation sites (N-methyl/N-ethyl adjacent to an activating group) is 1. The minimum Gasteiger partial charge on any atom is -0.336 e. The summed E-state index contributed by atoms with van der Waals surface area (Å²) in [5.74, 6) is 0. The summed E-state index contributed by atoms with van der Waals surface area (Å²) < 4.78 is 0. The first-order valence-electron chi connectivity index (χ1n) is 7.93. The molecule has 0 radical (unpaired) electrons. The number of hydrogen-bond acceptors (Lipinski definition) is 3. The summed E-state index contributed by atoms with van der Waals surface area (Å²) in [7, 11) is 4.05. The number of nitrogens with zero attached hydrogens (tertiary/aromatic N) is 1. The Labute approximate surface area is 142 Å². The van der Waals surface area contributed by atoms with Crippen molar-refractivity contribution in [1.82, 2.24) is 10.2 Å². The van der Waals surface area contributed by atoms with Crippen molar-refractivity contribution in [3.8, 4) is 0 Å². The molecule has 5 heteroatoms. The Balaban J connectivity index is 1.86. The van der Waals surface area contributed by atoms with E-state index in [4.69, 9.17) is 0 Å². The second kappa shape index (κ2) is 8.70. The van der Waals surface area contributed by atoms with Crippen LogP contribution in [0.1, 0.15) is 29.8 Å². The monoisotopic (exact) mass is 331 g/mol. The van der Waals surface area contributed by atoms with Crippen LogP contribution in [0.15, 0.2) is 41.8 Å². The highest BCUT2D eigenvalue weighted by atomic mass is 32.1. The maximum absolute atomic E-state index is 12.1. The van der Waals surface area contributed by atoms with E-state index in [1.54, 1.807) is 11.3 Å². The summed E-state index contributed by atoms with van der Waals surface area (Å²) in [5, 5.41) is 7.90. The van der Waals surface area contributed by atoms with Gasteiger partial charge in [0, 0.05) is 17.1 Å². The molecule has 0 fully saturated rings. The van der Waals surface area contributed by atoms with E-state index in [-0.39, 0.29) is 12.1 Å². The Morgan fingerprint density at radius 2 is 1.96 bits per heavy atom. The molecule has 1 heterocycles. The topological polar surface area (TPSA) is 44.4 Å². The summed E-state index contributed by atoms with van der Waals surface area (Å²) in [5.41, 5.74) is 2.11. The number of rotatable bonds is 7. The fraction of sp³-hybridized carbons (Fsp3) is 0.389. The standard InChI is InChI=1S/C18H25N3OS/c1-4-6-14-8-10-15(11-9-14)20-18(22)19-13-16(21(2)3)17-7-5-12-23-17/h5,7-12,16H,4,6,13H2,1-3H3,(H2,19,20,22). The SMILES string of the molecule is CCCc1ccc(NC(=O)NCC(c2cccs2)N(C)C)cc1. The lowest BCUT2D eigenvalue weighted by Gasteiger charge is -2.23. The normalized spacial score (nSPS) is 12.2. The third-order valence-electron chi connectivity index (χ3n) is 3.70. The zero-order valence-electron chi connectivity index (χ0n) is 14.0. The first kappa shape index (κ1) is 17.5. The van der Waals surface area contributed by atoms with Gasteiger partial charge in [-0.1, -0.05) is 31.5 Å². The molecule has 0 saturated carbocycles. The van der Waals surface area contributed by atoms with Crippen molar-refractivity contribution >= 4 is 23.1 Å². The van der Waals surface area contributed by atoms with Gasteiger partial charge in [-0.25, -0.2) is 4.79 Å². The second-order valence-electron chi connectivity index (χ2n) is 5.78. The zero-order valence-corrected chi connectivity index (χ0v) is 14.8. The molecule has 23 heavy (non-hydrogen) atoms. The van der Waals surface area contributed by atoms with Gasteiger partial charge >= 0.3 is 6.03 Å². The predicted molar refractivity (Wildman–Crippen MR) is 98.2 cm³/mol. The van der Waals surface area contributed by atoms with Crippen LogP contribution >= 0.6 is 11.3 Å². The number of aryl methyl sites for hydroxylation is 1. The van der Waals surface area contributed by atoms with Crippen LogP contribution in [-0.4, -0.2) is 31.6 Å². The van der Waals surface area contributed by atoms with Crippen LogP contribution < -0.4 is 10.6 Å². The van der Waals surface area contributed by atoms with E-state index < -0.39 is 0 Å². The molecule has 2 N–H and O–H groups in total. The van der Waals surface area contributed by atoms with Crippen LogP contribution in [0.5, 0.6) is 0 Å². The van der Waals surface area contributed by atoms with Gasteiger partial charge in [-0.3, -0.25) is 0 Å². The number of amides is 2. The Morgan fingerprint density at radius 1 is 1.22 bits per heavy atom. The lowest BCUT2D eigenvalue weighted by atomic mass is 10.1. The molecule has 2 aromatic rings. The number of hydrogen-bond donors (Lipinski definition) is 2. The van der Waals surface area contributed by atoms with Crippen molar-refractivity contribution in [2.45, 2.75) is 25.8 Å². The second-order valence-corrected chi connectivity index (χ2v) is 6.76. The molecule has 0 aliphatic carbocycles. The van der Waals surface area contributed by atoms with Gasteiger partial charge in [-0.15, -0.1) is 11.3 Å². The van der Waals surface area contributed by atoms with Crippen molar-refractivity contribution in [2.24, 2.45) is 0 Å². The Morgan fingerprint density at radius 3 is 2.52 bits per heavy atom. The van der Waals surface area contributed by atoms with Crippen LogP contribution in [0.3, 0.4) is 0 Å². The van der Waals surface area contributed by atoms with E-state index in [9.17, 15) is 4.79 Å². The molecule has 1 aromatic heterocycles. The smallest absolute Gasteiger partial charge is 0.319 e. The van der Waals surface area contributed by atoms with Crippen molar-refractivity contribution in [3.63, 3.8) is 0 Å². The van der Waals surface area contributed by atoms with Crippen LogP contribution in [0, 0.1) is 0 Å². The summed E-state index contributed by atoms with van der Waals surface area (Å²) >= 11 is 1.71. The number of urea groups is 1. The summed E-state index contributed by atoms with van der Waals surface area (Å²) in [4.78, 5) is 15.4. The average Bonchev–Trinajstić information content (AvgIpc) is 3.03. The minimum absolute atomic E-state index is 0.170. The highest BCUT2D eigenvalue weighted by molar-refractivity contribution is 7.10. The molecule has 1 atom stereocenters. The molecule has 2 rings (SSSR count). The van der Waals surface area contributed by atoms with Gasteiger partial charge in [0.05, 0.1) is 6.04 Å². The summed E-state index contributed by atoms with van der Waals surface area (Å²) in [6, 6.07) is 12.2. The number of carbonyl (C=O) groups excluding carboxylic acids is 1. The van der Waals surface area contributed by atoms with E-state index in [1.807, 2.05) is 32.3 Å². The molecular weight excluding hydrogens is 306 g/mol. The first-order valence-corrected chi connectivity index (χ1v) is 8.81. The Kier molecular flexibility index (Phi) is 6.62. The molecule has 4 nitrogen and oxygen atoms in total. The third kappa shape index (κ3) is 5.37. The van der Waals surface area contributed by atoms with Gasteiger partial charge in [-0.2, -0.15) is 0 Å². The molecule has 124 valence electrons. The fourth-order valence-corrected chi connectivity index (χ4v) is 3.35. The zero-order chi connectivity index (χ0) is 16.7. The molecule has 2 amide bonds.